The molecule has 0 aliphatic heterocycles. The Bertz CT molecular complexity index is 1160. The molecule has 0 spiro atoms. The van der Waals surface area contributed by atoms with Gasteiger partial charge >= 0.3 is 5.97 Å². The zero-order chi connectivity index (χ0) is 25.4. The van der Waals surface area contributed by atoms with Crippen molar-refractivity contribution in [3.8, 4) is 11.1 Å². The minimum Gasteiger partial charge on any atom is -0.461 e. The molecule has 2 aromatic heterocycles. The molecule has 186 valence electrons. The number of carbonyl (C=O) groups is 3. The van der Waals surface area contributed by atoms with Gasteiger partial charge in [0.1, 0.15) is 6.04 Å². The van der Waals surface area contributed by atoms with E-state index in [2.05, 4.69) is 15.6 Å². The van der Waals surface area contributed by atoms with Crippen molar-refractivity contribution in [1.29, 1.82) is 0 Å². The van der Waals surface area contributed by atoms with Crippen molar-refractivity contribution in [3.63, 3.8) is 0 Å². The van der Waals surface area contributed by atoms with Gasteiger partial charge in [-0.3, -0.25) is 9.59 Å². The molecule has 35 heavy (non-hydrogen) atoms. The lowest BCUT2D eigenvalue weighted by molar-refractivity contribution is -0.149. The molecule has 0 unspecified atom stereocenters. The number of aromatic nitrogens is 1. The van der Waals surface area contributed by atoms with E-state index in [4.69, 9.17) is 10.5 Å². The highest BCUT2D eigenvalue weighted by atomic mass is 32.2. The standard InChI is InChI=1S/C24H28N4O4S3/c1-14(2)32-23(31)20(7-8-33-3)28-22(30)18-5-4-16(10-19(18)15-6-9-34-12-15)26-21(29)11-17-13-35-24(25)27-17/h4-6,9-10,12-14,20H,7-8,11H2,1-3H3,(H2,25,27)(H,26,29)(H,28,30)/t20-/m0/s1. The Morgan fingerprint density at radius 3 is 2.63 bits per heavy atom. The van der Waals surface area contributed by atoms with Crippen molar-refractivity contribution >= 4 is 63.0 Å². The van der Waals surface area contributed by atoms with Gasteiger partial charge in [0.2, 0.25) is 5.91 Å². The lowest BCUT2D eigenvalue weighted by Gasteiger charge is -2.20. The fourth-order valence-corrected chi connectivity index (χ4v) is 4.98. The molecule has 0 fully saturated rings. The highest BCUT2D eigenvalue weighted by Gasteiger charge is 2.25. The van der Waals surface area contributed by atoms with Crippen molar-refractivity contribution in [1.82, 2.24) is 10.3 Å². The van der Waals surface area contributed by atoms with E-state index in [9.17, 15) is 14.4 Å². The summed E-state index contributed by atoms with van der Waals surface area (Å²) in [6.07, 6.45) is 2.22. The van der Waals surface area contributed by atoms with Crippen LogP contribution in [0.25, 0.3) is 11.1 Å². The second-order valence-electron chi connectivity index (χ2n) is 7.97. The van der Waals surface area contributed by atoms with Gasteiger partial charge in [-0.25, -0.2) is 9.78 Å². The van der Waals surface area contributed by atoms with Crippen molar-refractivity contribution in [2.75, 3.05) is 23.1 Å². The summed E-state index contributed by atoms with van der Waals surface area (Å²) < 4.78 is 5.34. The number of benzene rings is 1. The number of hydrogen-bond acceptors (Lipinski definition) is 9. The van der Waals surface area contributed by atoms with Crippen molar-refractivity contribution in [3.05, 3.63) is 51.7 Å². The van der Waals surface area contributed by atoms with Gasteiger partial charge in [-0.15, -0.1) is 11.3 Å². The summed E-state index contributed by atoms with van der Waals surface area (Å²) in [5.41, 5.74) is 8.69. The fourth-order valence-electron chi connectivity index (χ4n) is 3.29. The van der Waals surface area contributed by atoms with Crippen LogP contribution in [0.2, 0.25) is 0 Å². The Balaban J connectivity index is 1.81. The number of nitrogen functional groups attached to an aromatic ring is 1. The van der Waals surface area contributed by atoms with Gasteiger partial charge in [0.05, 0.1) is 18.2 Å². The smallest absolute Gasteiger partial charge is 0.328 e. The number of thiazole rings is 1. The Morgan fingerprint density at radius 2 is 2.00 bits per heavy atom. The highest BCUT2D eigenvalue weighted by Crippen LogP contribution is 2.29. The number of nitrogens with zero attached hydrogens (tertiary/aromatic N) is 1. The van der Waals surface area contributed by atoms with Crippen LogP contribution in [-0.4, -0.2) is 46.9 Å². The van der Waals surface area contributed by atoms with Crippen LogP contribution < -0.4 is 16.4 Å². The van der Waals surface area contributed by atoms with Gasteiger partial charge in [0.15, 0.2) is 5.13 Å². The second kappa shape index (κ2) is 12.7. The summed E-state index contributed by atoms with van der Waals surface area (Å²) in [4.78, 5) is 42.4. The Labute approximate surface area is 216 Å². The predicted octanol–water partition coefficient (Wildman–Crippen LogP) is 4.44. The monoisotopic (exact) mass is 532 g/mol. The number of esters is 1. The van der Waals surface area contributed by atoms with E-state index in [1.54, 1.807) is 49.2 Å². The van der Waals surface area contributed by atoms with E-state index in [-0.39, 0.29) is 24.3 Å². The predicted molar refractivity (Wildman–Crippen MR) is 144 cm³/mol. The molecule has 0 saturated heterocycles. The molecule has 3 rings (SSSR count). The molecule has 2 amide bonds. The zero-order valence-corrected chi connectivity index (χ0v) is 22.1. The van der Waals surface area contributed by atoms with Gasteiger partial charge in [-0.1, -0.05) is 0 Å². The fraction of sp³-hybridized carbons (Fsp3) is 0.333. The Morgan fingerprint density at radius 1 is 1.20 bits per heavy atom. The largest absolute Gasteiger partial charge is 0.461 e. The van der Waals surface area contributed by atoms with Gasteiger partial charge < -0.3 is 21.1 Å². The van der Waals surface area contributed by atoms with Gasteiger partial charge in [-0.05, 0) is 78.4 Å². The average molecular weight is 533 g/mol. The number of carbonyl (C=O) groups excluding carboxylic acids is 3. The maximum absolute atomic E-state index is 13.3. The summed E-state index contributed by atoms with van der Waals surface area (Å²) in [5, 5.41) is 11.7. The van der Waals surface area contributed by atoms with Crippen LogP contribution in [0.4, 0.5) is 10.8 Å². The van der Waals surface area contributed by atoms with E-state index in [0.29, 0.717) is 39.8 Å². The lowest BCUT2D eigenvalue weighted by atomic mass is 10.00. The van der Waals surface area contributed by atoms with E-state index in [0.717, 1.165) is 5.56 Å². The number of nitrogens with two attached hydrogens (primary N) is 1. The number of thioether (sulfide) groups is 1. The molecular formula is C24H28N4O4S3. The van der Waals surface area contributed by atoms with Crippen LogP contribution in [0.1, 0.15) is 36.3 Å². The first kappa shape index (κ1) is 26.7. The van der Waals surface area contributed by atoms with Gasteiger partial charge in [0, 0.05) is 16.6 Å². The van der Waals surface area contributed by atoms with Gasteiger partial charge in [0.25, 0.3) is 5.91 Å². The zero-order valence-electron chi connectivity index (χ0n) is 19.7. The van der Waals surface area contributed by atoms with Gasteiger partial charge in [-0.2, -0.15) is 23.1 Å². The number of amides is 2. The third-order valence-electron chi connectivity index (χ3n) is 4.84. The number of rotatable bonds is 11. The van der Waals surface area contributed by atoms with E-state index < -0.39 is 12.0 Å². The van der Waals surface area contributed by atoms with Crippen LogP contribution in [-0.2, 0) is 20.7 Å². The van der Waals surface area contributed by atoms with Crippen molar-refractivity contribution in [2.24, 2.45) is 0 Å². The molecule has 0 aliphatic carbocycles. The summed E-state index contributed by atoms with van der Waals surface area (Å²) in [6, 6.07) is 6.23. The molecule has 2 heterocycles. The quantitative estimate of drug-likeness (QED) is 0.312. The molecule has 1 aromatic carbocycles. The molecule has 0 radical (unpaired) electrons. The van der Waals surface area contributed by atoms with Crippen LogP contribution in [0.15, 0.2) is 40.4 Å². The van der Waals surface area contributed by atoms with Crippen molar-refractivity contribution in [2.45, 2.75) is 38.8 Å². The molecule has 3 aromatic rings. The molecule has 0 bridgehead atoms. The first-order valence-corrected chi connectivity index (χ1v) is 14.1. The number of thiophene rings is 1. The SMILES string of the molecule is CSCC[C@H](NC(=O)c1ccc(NC(=O)Cc2csc(N)n2)cc1-c1ccsc1)C(=O)OC(C)C. The van der Waals surface area contributed by atoms with Crippen LogP contribution in [0.5, 0.6) is 0 Å². The molecule has 0 saturated carbocycles. The lowest BCUT2D eigenvalue weighted by Crippen LogP contribution is -2.43. The minimum atomic E-state index is -0.752. The number of nitrogens with one attached hydrogen (secondary N) is 2. The van der Waals surface area contributed by atoms with Crippen LogP contribution in [0.3, 0.4) is 0 Å². The normalized spacial score (nSPS) is 11.8. The summed E-state index contributed by atoms with van der Waals surface area (Å²) in [7, 11) is 0. The van der Waals surface area contributed by atoms with Crippen molar-refractivity contribution < 1.29 is 19.1 Å². The summed E-state index contributed by atoms with van der Waals surface area (Å²) >= 11 is 4.37. The number of anilines is 2. The molecule has 8 nitrogen and oxygen atoms in total. The molecule has 4 N–H and O–H groups in total. The third kappa shape index (κ3) is 7.81. The Kier molecular flexibility index (Phi) is 9.70. The molecular weight excluding hydrogens is 504 g/mol. The van der Waals surface area contributed by atoms with E-state index >= 15 is 0 Å². The third-order valence-corrected chi connectivity index (χ3v) is 6.89. The molecule has 0 aliphatic rings. The average Bonchev–Trinajstić information content (AvgIpc) is 3.47. The first-order chi connectivity index (χ1) is 16.8. The summed E-state index contributed by atoms with van der Waals surface area (Å²) in [6.45, 7) is 3.55. The van der Waals surface area contributed by atoms with E-state index in [1.807, 2.05) is 23.1 Å². The second-order valence-corrected chi connectivity index (χ2v) is 10.6. The van der Waals surface area contributed by atoms with Crippen LogP contribution in [0, 0.1) is 0 Å². The minimum absolute atomic E-state index is 0.0960. The highest BCUT2D eigenvalue weighted by molar-refractivity contribution is 7.98. The topological polar surface area (TPSA) is 123 Å². The number of ether oxygens (including phenoxy) is 1. The molecule has 11 heteroatoms. The Hall–Kier alpha value is -2.89. The van der Waals surface area contributed by atoms with Crippen LogP contribution >= 0.6 is 34.4 Å². The van der Waals surface area contributed by atoms with E-state index in [1.165, 1.54) is 22.7 Å². The molecule has 1 atom stereocenters. The maximum Gasteiger partial charge on any atom is 0.328 e. The maximum atomic E-state index is 13.3. The number of hydrogen-bond donors (Lipinski definition) is 3. The summed E-state index contributed by atoms with van der Waals surface area (Å²) in [5.74, 6) is -0.372. The first-order valence-electron chi connectivity index (χ1n) is 10.9.